The molecular weight excluding hydrogens is 432 g/mol. The van der Waals surface area contributed by atoms with Crippen molar-refractivity contribution in [2.75, 3.05) is 28.0 Å². The summed E-state index contributed by atoms with van der Waals surface area (Å²) in [6, 6.07) is 8.70. The number of anilines is 2. The largest absolute Gasteiger partial charge is 0.486 e. The Morgan fingerprint density at radius 3 is 2.40 bits per heavy atom. The summed E-state index contributed by atoms with van der Waals surface area (Å²) in [6.45, 7) is 3.89. The van der Waals surface area contributed by atoms with Gasteiger partial charge in [0.05, 0.1) is 27.9 Å². The summed E-state index contributed by atoms with van der Waals surface area (Å²) in [5, 5.41) is 0. The molecule has 2 aliphatic rings. The summed E-state index contributed by atoms with van der Waals surface area (Å²) in [6.07, 6.45) is 0. The maximum atomic E-state index is 12.9. The van der Waals surface area contributed by atoms with Crippen molar-refractivity contribution in [1.29, 1.82) is 0 Å². The van der Waals surface area contributed by atoms with Gasteiger partial charge in [-0.25, -0.2) is 21.1 Å². The van der Waals surface area contributed by atoms with Crippen LogP contribution in [0.25, 0.3) is 0 Å². The average Bonchev–Trinajstić information content (AvgIpc) is 2.87. The Morgan fingerprint density at radius 1 is 1.07 bits per heavy atom. The molecular formula is C19H20N2O7S2. The fourth-order valence-electron chi connectivity index (χ4n) is 3.47. The van der Waals surface area contributed by atoms with Gasteiger partial charge in [0, 0.05) is 6.07 Å². The second kappa shape index (κ2) is 7.17. The molecule has 1 saturated heterocycles. The van der Waals surface area contributed by atoms with Gasteiger partial charge in [0.25, 0.3) is 10.0 Å². The molecule has 2 heterocycles. The normalized spacial score (nSPS) is 20.3. The highest BCUT2D eigenvalue weighted by molar-refractivity contribution is 7.94. The standard InChI is InChI=1S/C19H20N2O7S2/c1-12-9-15(21-19(22)13(2)11-29(21,23)24)4-6-18(12)30(25,26)20-14-3-5-16-17(10-14)28-8-7-27-16/h3-6,9-10,13,20H,7-8,11H2,1-2H3/t13-/m1/s1. The lowest BCUT2D eigenvalue weighted by molar-refractivity contribution is -0.119. The summed E-state index contributed by atoms with van der Waals surface area (Å²) in [4.78, 5) is 12.2. The van der Waals surface area contributed by atoms with E-state index in [2.05, 4.69) is 4.72 Å². The molecule has 160 valence electrons. The van der Waals surface area contributed by atoms with E-state index in [1.807, 2.05) is 0 Å². The number of nitrogens with one attached hydrogen (secondary N) is 1. The van der Waals surface area contributed by atoms with Gasteiger partial charge in [-0.2, -0.15) is 0 Å². The van der Waals surface area contributed by atoms with E-state index < -0.39 is 31.9 Å². The Morgan fingerprint density at radius 2 is 1.77 bits per heavy atom. The lowest BCUT2D eigenvalue weighted by atomic mass is 10.2. The van der Waals surface area contributed by atoms with Crippen LogP contribution in [0.3, 0.4) is 0 Å². The molecule has 1 atom stereocenters. The van der Waals surface area contributed by atoms with Crippen LogP contribution in [0.1, 0.15) is 12.5 Å². The minimum Gasteiger partial charge on any atom is -0.486 e. The molecule has 0 spiro atoms. The number of rotatable bonds is 4. The molecule has 1 amide bonds. The van der Waals surface area contributed by atoms with Crippen molar-refractivity contribution in [3.8, 4) is 11.5 Å². The molecule has 11 heteroatoms. The van der Waals surface area contributed by atoms with Gasteiger partial charge in [0.15, 0.2) is 11.5 Å². The molecule has 0 saturated carbocycles. The third-order valence-corrected chi connectivity index (χ3v) is 8.25. The highest BCUT2D eigenvalue weighted by atomic mass is 32.2. The topological polar surface area (TPSA) is 119 Å². The monoisotopic (exact) mass is 452 g/mol. The maximum Gasteiger partial charge on any atom is 0.262 e. The smallest absolute Gasteiger partial charge is 0.262 e. The lowest BCUT2D eigenvalue weighted by Crippen LogP contribution is -2.30. The summed E-state index contributed by atoms with van der Waals surface area (Å²) < 4.78 is 64.5. The van der Waals surface area contributed by atoms with Gasteiger partial charge >= 0.3 is 0 Å². The number of fused-ring (bicyclic) bond motifs is 1. The van der Waals surface area contributed by atoms with Gasteiger partial charge in [-0.1, -0.05) is 6.92 Å². The molecule has 2 aromatic carbocycles. The van der Waals surface area contributed by atoms with E-state index in [1.165, 1.54) is 24.3 Å². The van der Waals surface area contributed by atoms with Crippen LogP contribution in [0.4, 0.5) is 11.4 Å². The van der Waals surface area contributed by atoms with E-state index in [4.69, 9.17) is 9.47 Å². The van der Waals surface area contributed by atoms with Crippen LogP contribution >= 0.6 is 0 Å². The predicted molar refractivity (Wildman–Crippen MR) is 110 cm³/mol. The molecule has 0 radical (unpaired) electrons. The van der Waals surface area contributed by atoms with Crippen molar-refractivity contribution >= 4 is 37.3 Å². The maximum absolute atomic E-state index is 12.9. The van der Waals surface area contributed by atoms with E-state index in [1.54, 1.807) is 26.0 Å². The zero-order valence-corrected chi connectivity index (χ0v) is 17.9. The van der Waals surface area contributed by atoms with E-state index >= 15 is 0 Å². The number of hydrogen-bond acceptors (Lipinski definition) is 7. The Bertz CT molecular complexity index is 1240. The zero-order valence-electron chi connectivity index (χ0n) is 16.3. The number of carbonyl (C=O) groups is 1. The number of amides is 1. The van der Waals surface area contributed by atoms with Gasteiger partial charge in [-0.15, -0.1) is 0 Å². The summed E-state index contributed by atoms with van der Waals surface area (Å²) in [5.74, 6) is -0.456. The number of sulfonamides is 2. The molecule has 4 rings (SSSR count). The second-order valence-corrected chi connectivity index (χ2v) is 10.7. The van der Waals surface area contributed by atoms with Crippen LogP contribution in [0.5, 0.6) is 11.5 Å². The van der Waals surface area contributed by atoms with E-state index in [9.17, 15) is 21.6 Å². The van der Waals surface area contributed by atoms with Crippen LogP contribution in [-0.4, -0.2) is 41.7 Å². The Hall–Kier alpha value is -2.79. The fraction of sp³-hybridized carbons (Fsp3) is 0.316. The van der Waals surface area contributed by atoms with Crippen LogP contribution in [0.2, 0.25) is 0 Å². The number of carbonyl (C=O) groups excluding carboxylic acids is 1. The van der Waals surface area contributed by atoms with Crippen molar-refractivity contribution in [3.63, 3.8) is 0 Å². The SMILES string of the molecule is Cc1cc(N2C(=O)[C@H](C)CS2(=O)=O)ccc1S(=O)(=O)Nc1ccc2c(c1)OCCO2. The van der Waals surface area contributed by atoms with Crippen molar-refractivity contribution in [1.82, 2.24) is 0 Å². The third kappa shape index (κ3) is 3.58. The molecule has 1 fully saturated rings. The minimum absolute atomic E-state index is 0.0294. The first-order valence-corrected chi connectivity index (χ1v) is 12.3. The van der Waals surface area contributed by atoms with Crippen LogP contribution < -0.4 is 18.5 Å². The summed E-state index contributed by atoms with van der Waals surface area (Å²) in [5.41, 5.74) is 0.731. The van der Waals surface area contributed by atoms with Gasteiger partial charge in [-0.05, 0) is 42.8 Å². The van der Waals surface area contributed by atoms with Gasteiger partial charge < -0.3 is 9.47 Å². The molecule has 2 aliphatic heterocycles. The number of hydrogen-bond donors (Lipinski definition) is 1. The number of benzene rings is 2. The Balaban J connectivity index is 1.63. The molecule has 1 N–H and O–H groups in total. The van der Waals surface area contributed by atoms with E-state index in [0.29, 0.717) is 36.0 Å². The molecule has 9 nitrogen and oxygen atoms in total. The number of ether oxygens (including phenoxy) is 2. The van der Waals surface area contributed by atoms with Crippen molar-refractivity contribution < 1.29 is 31.1 Å². The molecule has 0 unspecified atom stereocenters. The first-order chi connectivity index (χ1) is 14.1. The van der Waals surface area contributed by atoms with Gasteiger partial charge in [0.1, 0.15) is 13.2 Å². The second-order valence-electron chi connectivity index (χ2n) is 7.20. The predicted octanol–water partition coefficient (Wildman–Crippen LogP) is 1.88. The number of nitrogens with zero attached hydrogens (tertiary/aromatic N) is 1. The van der Waals surface area contributed by atoms with Gasteiger partial charge in [0.2, 0.25) is 15.9 Å². The molecule has 0 bridgehead atoms. The highest BCUT2D eigenvalue weighted by Gasteiger charge is 2.42. The number of aryl methyl sites for hydroxylation is 1. The Labute approximate surface area is 174 Å². The minimum atomic E-state index is -3.96. The summed E-state index contributed by atoms with van der Waals surface area (Å²) >= 11 is 0. The molecule has 30 heavy (non-hydrogen) atoms. The highest BCUT2D eigenvalue weighted by Crippen LogP contribution is 2.34. The average molecular weight is 453 g/mol. The summed E-state index contributed by atoms with van der Waals surface area (Å²) in [7, 11) is -7.73. The van der Waals surface area contributed by atoms with Crippen LogP contribution in [0, 0.1) is 12.8 Å². The van der Waals surface area contributed by atoms with Crippen LogP contribution in [0.15, 0.2) is 41.3 Å². The zero-order chi connectivity index (χ0) is 21.7. The van der Waals surface area contributed by atoms with Crippen molar-refractivity contribution in [3.05, 3.63) is 42.0 Å². The quantitative estimate of drug-likeness (QED) is 0.752. The van der Waals surface area contributed by atoms with Crippen LogP contribution in [-0.2, 0) is 24.8 Å². The molecule has 0 aromatic heterocycles. The van der Waals surface area contributed by atoms with E-state index in [-0.39, 0.29) is 16.3 Å². The third-order valence-electron chi connectivity index (χ3n) is 4.84. The lowest BCUT2D eigenvalue weighted by Gasteiger charge is -2.20. The fourth-order valence-corrected chi connectivity index (χ4v) is 6.55. The Kier molecular flexibility index (Phi) is 4.89. The first-order valence-electron chi connectivity index (χ1n) is 9.18. The molecule has 0 aliphatic carbocycles. The van der Waals surface area contributed by atoms with Crippen molar-refractivity contribution in [2.24, 2.45) is 5.92 Å². The first kappa shape index (κ1) is 20.5. The van der Waals surface area contributed by atoms with Crippen molar-refractivity contribution in [2.45, 2.75) is 18.7 Å². The van der Waals surface area contributed by atoms with E-state index in [0.717, 1.165) is 4.31 Å². The molecule has 2 aromatic rings. The van der Waals surface area contributed by atoms with Gasteiger partial charge in [-0.3, -0.25) is 9.52 Å².